The van der Waals surface area contributed by atoms with E-state index in [1.54, 1.807) is 6.26 Å². The lowest BCUT2D eigenvalue weighted by Crippen LogP contribution is -2.32. The van der Waals surface area contributed by atoms with Crippen LogP contribution in [0.1, 0.15) is 11.3 Å². The molecule has 1 aromatic heterocycles. The monoisotopic (exact) mass is 347 g/mol. The minimum atomic E-state index is 0.585. The van der Waals surface area contributed by atoms with Gasteiger partial charge in [0.05, 0.1) is 12.8 Å². The maximum absolute atomic E-state index is 5.35. The van der Waals surface area contributed by atoms with Gasteiger partial charge < -0.3 is 20.0 Å². The fraction of sp³-hybridized carbons (Fsp3) is 0.353. The summed E-state index contributed by atoms with van der Waals surface area (Å²) in [5.74, 6) is 3.28. The van der Waals surface area contributed by atoms with Crippen LogP contribution in [0.3, 0.4) is 0 Å². The van der Waals surface area contributed by atoms with Crippen LogP contribution in [0.15, 0.2) is 41.0 Å². The van der Waals surface area contributed by atoms with Gasteiger partial charge in [0, 0.05) is 36.0 Å². The third-order valence-electron chi connectivity index (χ3n) is 3.84. The number of anilines is 2. The summed E-state index contributed by atoms with van der Waals surface area (Å²) in [7, 11) is 0. The van der Waals surface area contributed by atoms with Crippen molar-refractivity contribution < 1.29 is 4.42 Å². The van der Waals surface area contributed by atoms with Crippen molar-refractivity contribution in [1.82, 2.24) is 5.32 Å². The normalized spacial score (nSPS) is 14.6. The largest absolute Gasteiger partial charge is 0.467 e. The maximum atomic E-state index is 5.35. The van der Waals surface area contributed by atoms with E-state index < -0.39 is 0 Å². The van der Waals surface area contributed by atoms with E-state index in [9.17, 15) is 0 Å². The predicted molar refractivity (Wildman–Crippen MR) is 102 cm³/mol. The summed E-state index contributed by atoms with van der Waals surface area (Å²) < 4.78 is 5.28. The molecule has 0 spiro atoms. The van der Waals surface area contributed by atoms with Gasteiger partial charge in [0.25, 0.3) is 0 Å². The summed E-state index contributed by atoms with van der Waals surface area (Å²) >= 11 is 7.38. The van der Waals surface area contributed by atoms with Crippen LogP contribution in [0.5, 0.6) is 0 Å². The minimum absolute atomic E-state index is 0.585. The van der Waals surface area contributed by atoms with Gasteiger partial charge in [-0.25, -0.2) is 0 Å². The zero-order chi connectivity index (χ0) is 16.1. The van der Waals surface area contributed by atoms with Gasteiger partial charge >= 0.3 is 0 Å². The van der Waals surface area contributed by atoms with Gasteiger partial charge in [0.1, 0.15) is 5.76 Å². The number of aryl methyl sites for hydroxylation is 1. The van der Waals surface area contributed by atoms with Gasteiger partial charge in [0.15, 0.2) is 5.11 Å². The summed E-state index contributed by atoms with van der Waals surface area (Å²) in [6, 6.07) is 10.3. The Hall–Kier alpha value is -1.66. The molecule has 2 heterocycles. The lowest BCUT2D eigenvalue weighted by molar-refractivity contribution is 0.503. The van der Waals surface area contributed by atoms with Crippen LogP contribution in [0.25, 0.3) is 0 Å². The van der Waals surface area contributed by atoms with Crippen LogP contribution in [-0.2, 0) is 6.54 Å². The molecule has 0 saturated carbocycles. The number of hydrogen-bond donors (Lipinski definition) is 2. The fourth-order valence-electron chi connectivity index (χ4n) is 2.55. The average molecular weight is 348 g/mol. The number of thioether (sulfide) groups is 1. The third kappa shape index (κ3) is 4.42. The van der Waals surface area contributed by atoms with E-state index in [0.717, 1.165) is 24.5 Å². The zero-order valence-corrected chi connectivity index (χ0v) is 14.8. The molecule has 1 saturated heterocycles. The first-order valence-electron chi connectivity index (χ1n) is 7.73. The molecular weight excluding hydrogens is 326 g/mol. The Morgan fingerprint density at radius 1 is 1.30 bits per heavy atom. The average Bonchev–Trinajstić information content (AvgIpc) is 3.09. The Morgan fingerprint density at radius 2 is 2.13 bits per heavy atom. The second kappa shape index (κ2) is 7.75. The van der Waals surface area contributed by atoms with Crippen molar-refractivity contribution in [2.45, 2.75) is 13.5 Å². The van der Waals surface area contributed by atoms with Gasteiger partial charge in [-0.3, -0.25) is 0 Å². The maximum Gasteiger partial charge on any atom is 0.171 e. The van der Waals surface area contributed by atoms with E-state index in [4.69, 9.17) is 16.6 Å². The molecule has 6 heteroatoms. The van der Waals surface area contributed by atoms with Crippen LogP contribution >= 0.6 is 24.0 Å². The summed E-state index contributed by atoms with van der Waals surface area (Å²) in [6.07, 6.45) is 1.66. The quantitative estimate of drug-likeness (QED) is 0.823. The van der Waals surface area contributed by atoms with Crippen LogP contribution < -0.4 is 15.5 Å². The highest BCUT2D eigenvalue weighted by Gasteiger charge is 2.12. The van der Waals surface area contributed by atoms with E-state index in [-0.39, 0.29) is 0 Å². The van der Waals surface area contributed by atoms with Crippen molar-refractivity contribution in [3.8, 4) is 0 Å². The van der Waals surface area contributed by atoms with E-state index in [1.165, 1.54) is 22.8 Å². The highest BCUT2D eigenvalue weighted by molar-refractivity contribution is 7.99. The van der Waals surface area contributed by atoms with E-state index in [1.807, 2.05) is 23.9 Å². The van der Waals surface area contributed by atoms with Crippen LogP contribution in [0.4, 0.5) is 11.4 Å². The smallest absolute Gasteiger partial charge is 0.171 e. The SMILES string of the molecule is Cc1cc(N2CCSCC2)ccc1NC(=S)NCc1ccco1. The van der Waals surface area contributed by atoms with Gasteiger partial charge in [0.2, 0.25) is 0 Å². The summed E-state index contributed by atoms with van der Waals surface area (Å²) in [4.78, 5) is 2.45. The second-order valence-electron chi connectivity index (χ2n) is 5.49. The van der Waals surface area contributed by atoms with Crippen molar-refractivity contribution in [3.05, 3.63) is 47.9 Å². The molecule has 122 valence electrons. The molecule has 1 fully saturated rings. The molecule has 2 N–H and O–H groups in total. The number of benzene rings is 1. The third-order valence-corrected chi connectivity index (χ3v) is 5.03. The lowest BCUT2D eigenvalue weighted by Gasteiger charge is -2.29. The van der Waals surface area contributed by atoms with E-state index in [2.05, 4.69) is 40.7 Å². The molecule has 1 aliphatic rings. The number of hydrogen-bond acceptors (Lipinski definition) is 4. The van der Waals surface area contributed by atoms with Crippen molar-refractivity contribution in [1.29, 1.82) is 0 Å². The van der Waals surface area contributed by atoms with Gasteiger partial charge in [-0.1, -0.05) is 0 Å². The van der Waals surface area contributed by atoms with Gasteiger partial charge in [-0.2, -0.15) is 11.8 Å². The number of nitrogens with zero attached hydrogens (tertiary/aromatic N) is 1. The molecular formula is C17H21N3OS2. The first-order valence-corrected chi connectivity index (χ1v) is 9.29. The summed E-state index contributed by atoms with van der Waals surface area (Å²) in [5, 5.41) is 7.01. The van der Waals surface area contributed by atoms with Crippen LogP contribution in [-0.4, -0.2) is 29.7 Å². The number of nitrogens with one attached hydrogen (secondary N) is 2. The summed E-state index contributed by atoms with van der Waals surface area (Å²) in [6.45, 7) is 4.95. The molecule has 0 unspecified atom stereocenters. The van der Waals surface area contributed by atoms with Crippen molar-refractivity contribution in [2.75, 3.05) is 34.8 Å². The lowest BCUT2D eigenvalue weighted by atomic mass is 10.1. The molecule has 23 heavy (non-hydrogen) atoms. The summed E-state index contributed by atoms with van der Waals surface area (Å²) in [5.41, 5.74) is 3.53. The molecule has 1 aliphatic heterocycles. The number of rotatable bonds is 4. The van der Waals surface area contributed by atoms with Crippen molar-refractivity contribution in [3.63, 3.8) is 0 Å². The second-order valence-corrected chi connectivity index (χ2v) is 7.12. The Kier molecular flexibility index (Phi) is 5.46. The number of furan rings is 1. The van der Waals surface area contributed by atoms with Crippen molar-refractivity contribution >= 4 is 40.5 Å². The topological polar surface area (TPSA) is 40.4 Å². The Morgan fingerprint density at radius 3 is 2.83 bits per heavy atom. The van der Waals surface area contributed by atoms with Crippen molar-refractivity contribution in [2.24, 2.45) is 0 Å². The molecule has 2 aromatic rings. The molecule has 4 nitrogen and oxygen atoms in total. The Labute approximate surface area is 146 Å². The Bertz CT molecular complexity index is 652. The molecule has 0 aliphatic carbocycles. The molecule has 0 atom stereocenters. The minimum Gasteiger partial charge on any atom is -0.467 e. The van der Waals surface area contributed by atoms with Crippen LogP contribution in [0.2, 0.25) is 0 Å². The highest BCUT2D eigenvalue weighted by atomic mass is 32.2. The highest BCUT2D eigenvalue weighted by Crippen LogP contribution is 2.25. The van der Waals surface area contributed by atoms with E-state index in [0.29, 0.717) is 11.7 Å². The molecule has 3 rings (SSSR count). The van der Waals surface area contributed by atoms with Crippen LogP contribution in [0, 0.1) is 6.92 Å². The first-order chi connectivity index (χ1) is 11.2. The molecule has 0 bridgehead atoms. The molecule has 1 aromatic carbocycles. The molecule has 0 amide bonds. The standard InChI is InChI=1S/C17H21N3OS2/c1-13-11-14(20-6-9-23-10-7-20)4-5-16(13)19-17(22)18-12-15-3-2-8-21-15/h2-5,8,11H,6-7,9-10,12H2,1H3,(H2,18,19,22). The number of thiocarbonyl (C=S) groups is 1. The zero-order valence-electron chi connectivity index (χ0n) is 13.2. The fourth-order valence-corrected chi connectivity index (χ4v) is 3.64. The van der Waals surface area contributed by atoms with Gasteiger partial charge in [-0.05, 0) is 55.0 Å². The predicted octanol–water partition coefficient (Wildman–Crippen LogP) is 3.63. The van der Waals surface area contributed by atoms with E-state index >= 15 is 0 Å². The first kappa shape index (κ1) is 16.2. The Balaban J connectivity index is 1.58. The van der Waals surface area contributed by atoms with Gasteiger partial charge in [-0.15, -0.1) is 0 Å². The molecule has 0 radical (unpaired) electrons.